The number of hydrogen-bond acceptors (Lipinski definition) is 6. The summed E-state index contributed by atoms with van der Waals surface area (Å²) in [4.78, 5) is 31.3. The predicted octanol–water partition coefficient (Wildman–Crippen LogP) is 6.84. The van der Waals surface area contributed by atoms with E-state index in [-0.39, 0.29) is 42.2 Å². The van der Waals surface area contributed by atoms with E-state index in [4.69, 9.17) is 17.2 Å². The van der Waals surface area contributed by atoms with Gasteiger partial charge < -0.3 is 0 Å². The summed E-state index contributed by atoms with van der Waals surface area (Å²) in [6.45, 7) is 3.77. The molecular formula is C27H19F2N3O2S3. The Morgan fingerprint density at radius 3 is 2.35 bits per heavy atom. The Morgan fingerprint density at radius 2 is 1.65 bits per heavy atom. The number of thiazole rings is 1. The van der Waals surface area contributed by atoms with E-state index < -0.39 is 11.6 Å². The summed E-state index contributed by atoms with van der Waals surface area (Å²) in [5.41, 5.74) is 2.83. The molecule has 0 spiro atoms. The van der Waals surface area contributed by atoms with Crippen molar-refractivity contribution in [1.82, 2.24) is 14.1 Å². The van der Waals surface area contributed by atoms with Gasteiger partial charge >= 0.3 is 0 Å². The van der Waals surface area contributed by atoms with Crippen molar-refractivity contribution in [3.63, 3.8) is 0 Å². The Bertz CT molecular complexity index is 1770. The van der Waals surface area contributed by atoms with Gasteiger partial charge in [0.2, 0.25) is 0 Å². The number of Topliss-reactive ketones (excluding diaryl/α,β-unsaturated/α-hetero) is 1. The van der Waals surface area contributed by atoms with Crippen molar-refractivity contribution in [2.75, 3.05) is 5.75 Å². The summed E-state index contributed by atoms with van der Waals surface area (Å²) < 4.78 is 31.6. The van der Waals surface area contributed by atoms with Crippen molar-refractivity contribution in [2.24, 2.45) is 0 Å². The molecule has 0 fully saturated rings. The second-order valence-corrected chi connectivity index (χ2v) is 11.0. The van der Waals surface area contributed by atoms with Crippen LogP contribution in [0.4, 0.5) is 8.78 Å². The second-order valence-electron chi connectivity index (χ2n) is 8.40. The van der Waals surface area contributed by atoms with Crippen LogP contribution in [0, 0.1) is 29.4 Å². The highest BCUT2D eigenvalue weighted by Gasteiger charge is 2.21. The van der Waals surface area contributed by atoms with E-state index in [0.717, 1.165) is 34.2 Å². The highest BCUT2D eigenvalue weighted by atomic mass is 32.2. The summed E-state index contributed by atoms with van der Waals surface area (Å²) in [6, 6.07) is 17.3. The van der Waals surface area contributed by atoms with Gasteiger partial charge in [0, 0.05) is 5.56 Å². The smallest absolute Gasteiger partial charge is 0.278 e. The Labute approximate surface area is 224 Å². The molecule has 0 aliphatic heterocycles. The van der Waals surface area contributed by atoms with Crippen LogP contribution in [0.25, 0.3) is 21.7 Å². The van der Waals surface area contributed by atoms with Gasteiger partial charge in [-0.15, -0.1) is 0 Å². The molecule has 37 heavy (non-hydrogen) atoms. The van der Waals surface area contributed by atoms with Gasteiger partial charge in [0.25, 0.3) is 5.56 Å². The first-order valence-corrected chi connectivity index (χ1v) is 13.4. The number of benzene rings is 3. The third kappa shape index (κ3) is 4.92. The van der Waals surface area contributed by atoms with E-state index >= 15 is 0 Å². The van der Waals surface area contributed by atoms with E-state index in [1.165, 1.54) is 39.5 Å². The van der Waals surface area contributed by atoms with E-state index in [2.05, 4.69) is 0 Å². The van der Waals surface area contributed by atoms with Gasteiger partial charge in [0.1, 0.15) is 16.3 Å². The maximum absolute atomic E-state index is 14.8. The van der Waals surface area contributed by atoms with Gasteiger partial charge in [-0.25, -0.2) is 13.8 Å². The minimum atomic E-state index is -0.494. The number of carbonyl (C=O) groups is 1. The third-order valence-electron chi connectivity index (χ3n) is 5.71. The number of carbonyl (C=O) groups excluding carboxylic acids is 1. The molecule has 0 radical (unpaired) electrons. The van der Waals surface area contributed by atoms with Crippen molar-refractivity contribution in [1.29, 1.82) is 0 Å². The number of fused-ring (bicyclic) bond motifs is 1. The van der Waals surface area contributed by atoms with Crippen molar-refractivity contribution in [2.45, 2.75) is 19.0 Å². The molecule has 0 bridgehead atoms. The predicted molar refractivity (Wildman–Crippen MR) is 146 cm³/mol. The van der Waals surface area contributed by atoms with Crippen LogP contribution >= 0.6 is 35.3 Å². The molecule has 3 aromatic carbocycles. The Kier molecular flexibility index (Phi) is 6.89. The molecule has 2 heterocycles. The molecule has 0 amide bonds. The number of nitrogens with zero attached hydrogens (tertiary/aromatic N) is 3. The normalized spacial score (nSPS) is 11.2. The summed E-state index contributed by atoms with van der Waals surface area (Å²) >= 11 is 7.67. The van der Waals surface area contributed by atoms with Crippen molar-refractivity contribution < 1.29 is 13.6 Å². The standard InChI is InChI=1S/C27H19F2N3O2S3/c1-15-3-10-19(11-4-15)31-25(34)23-24(32(27(35)37-23)21-13-16(2)5-12-20(21)29)30-26(31)36-14-22(33)17-6-8-18(28)9-7-17/h3-13H,14H2,1-2H3. The van der Waals surface area contributed by atoms with Crippen LogP contribution in [0.15, 0.2) is 76.7 Å². The maximum Gasteiger partial charge on any atom is 0.278 e. The fourth-order valence-corrected chi connectivity index (χ4v) is 6.00. The zero-order valence-corrected chi connectivity index (χ0v) is 22.1. The number of ketones is 1. The lowest BCUT2D eigenvalue weighted by Gasteiger charge is -2.13. The van der Waals surface area contributed by atoms with E-state index in [0.29, 0.717) is 11.3 Å². The molecule has 5 nitrogen and oxygen atoms in total. The van der Waals surface area contributed by atoms with Crippen molar-refractivity contribution in [3.8, 4) is 11.4 Å². The number of aromatic nitrogens is 3. The van der Waals surface area contributed by atoms with Gasteiger partial charge in [-0.05, 0) is 80.2 Å². The first-order chi connectivity index (χ1) is 17.7. The zero-order valence-electron chi connectivity index (χ0n) is 19.7. The number of hydrogen-bond donors (Lipinski definition) is 0. The lowest BCUT2D eigenvalue weighted by molar-refractivity contribution is 0.102. The fourth-order valence-electron chi connectivity index (χ4n) is 3.81. The second kappa shape index (κ2) is 10.1. The van der Waals surface area contributed by atoms with E-state index in [1.807, 2.05) is 26.0 Å². The molecule has 186 valence electrons. The molecule has 5 rings (SSSR count). The molecule has 2 aromatic heterocycles. The van der Waals surface area contributed by atoms with Gasteiger partial charge in [0.15, 0.2) is 20.5 Å². The monoisotopic (exact) mass is 551 g/mol. The van der Waals surface area contributed by atoms with Crippen LogP contribution in [0.3, 0.4) is 0 Å². The van der Waals surface area contributed by atoms with Crippen LogP contribution in [-0.2, 0) is 0 Å². The van der Waals surface area contributed by atoms with Gasteiger partial charge in [-0.3, -0.25) is 18.7 Å². The molecule has 0 unspecified atom stereocenters. The van der Waals surface area contributed by atoms with Gasteiger partial charge in [-0.1, -0.05) is 46.9 Å². The minimum Gasteiger partial charge on any atom is -0.293 e. The van der Waals surface area contributed by atoms with Crippen LogP contribution in [0.2, 0.25) is 0 Å². The number of thioether (sulfide) groups is 1. The third-order valence-corrected chi connectivity index (χ3v) is 8.00. The van der Waals surface area contributed by atoms with Gasteiger partial charge in [0.05, 0.1) is 17.1 Å². The first-order valence-electron chi connectivity index (χ1n) is 11.2. The Morgan fingerprint density at radius 1 is 0.973 bits per heavy atom. The highest BCUT2D eigenvalue weighted by molar-refractivity contribution is 7.99. The molecule has 10 heteroatoms. The summed E-state index contributed by atoms with van der Waals surface area (Å²) in [7, 11) is 0. The van der Waals surface area contributed by atoms with E-state index in [9.17, 15) is 18.4 Å². The topological polar surface area (TPSA) is 56.9 Å². The molecule has 0 saturated heterocycles. The first kappa shape index (κ1) is 25.2. The molecular weight excluding hydrogens is 533 g/mol. The molecule has 0 saturated carbocycles. The van der Waals surface area contributed by atoms with Crippen LogP contribution < -0.4 is 5.56 Å². The van der Waals surface area contributed by atoms with Crippen LogP contribution in [0.5, 0.6) is 0 Å². The number of aryl methyl sites for hydroxylation is 2. The van der Waals surface area contributed by atoms with Crippen LogP contribution in [-0.4, -0.2) is 25.7 Å². The SMILES string of the molecule is Cc1ccc(-n2c(SCC(=O)c3ccc(F)cc3)nc3c(sc(=S)n3-c3cc(C)ccc3F)c2=O)cc1. The Hall–Kier alpha value is -3.47. The average Bonchev–Trinajstić information content (AvgIpc) is 3.21. The number of halogens is 2. The minimum absolute atomic E-state index is 0.0425. The Balaban J connectivity index is 1.69. The van der Waals surface area contributed by atoms with Gasteiger partial charge in [-0.2, -0.15) is 0 Å². The molecule has 0 aliphatic carbocycles. The fraction of sp³-hybridized carbons (Fsp3) is 0.111. The van der Waals surface area contributed by atoms with E-state index in [1.54, 1.807) is 24.3 Å². The summed E-state index contributed by atoms with van der Waals surface area (Å²) in [6.07, 6.45) is 0. The zero-order chi connectivity index (χ0) is 26.3. The lowest BCUT2D eigenvalue weighted by Crippen LogP contribution is -2.22. The quantitative estimate of drug-likeness (QED) is 0.100. The maximum atomic E-state index is 14.8. The summed E-state index contributed by atoms with van der Waals surface area (Å²) in [5.74, 6) is -1.22. The molecule has 0 N–H and O–H groups in total. The molecule has 0 atom stereocenters. The van der Waals surface area contributed by atoms with Crippen molar-refractivity contribution in [3.05, 3.63) is 109 Å². The molecule has 0 aliphatic rings. The largest absolute Gasteiger partial charge is 0.293 e. The van der Waals surface area contributed by atoms with Crippen molar-refractivity contribution >= 4 is 51.4 Å². The number of rotatable bonds is 6. The lowest BCUT2D eigenvalue weighted by atomic mass is 10.1. The van der Waals surface area contributed by atoms with Crippen LogP contribution in [0.1, 0.15) is 21.5 Å². The summed E-state index contributed by atoms with van der Waals surface area (Å²) in [5, 5.41) is 0.256. The highest BCUT2D eigenvalue weighted by Crippen LogP contribution is 2.29. The molecule has 5 aromatic rings. The average molecular weight is 552 g/mol.